The lowest BCUT2D eigenvalue weighted by Gasteiger charge is -2.22. The number of carbonyl (C=O) groups excluding carboxylic acids is 2. The molecule has 7 nitrogen and oxygen atoms in total. The molecule has 150 valence electrons. The van der Waals surface area contributed by atoms with Crippen LogP contribution in [-0.4, -0.2) is 51.1 Å². The second-order valence-corrected chi connectivity index (χ2v) is 6.09. The first-order valence-electron chi connectivity index (χ1n) is 8.87. The van der Waals surface area contributed by atoms with Gasteiger partial charge in [-0.3, -0.25) is 9.59 Å². The molecule has 0 saturated carbocycles. The van der Waals surface area contributed by atoms with E-state index in [-0.39, 0.29) is 11.8 Å². The number of ether oxygens (including phenoxy) is 3. The number of para-hydroxylation sites is 1. The van der Waals surface area contributed by atoms with Gasteiger partial charge in [-0.15, -0.1) is 0 Å². The highest BCUT2D eigenvalue weighted by atomic mass is 16.5. The predicted octanol–water partition coefficient (Wildman–Crippen LogP) is 2.49. The molecule has 0 atom stereocenters. The predicted molar refractivity (Wildman–Crippen MR) is 106 cm³/mol. The second-order valence-electron chi connectivity index (χ2n) is 6.09. The molecule has 2 aromatic carbocycles. The van der Waals surface area contributed by atoms with E-state index in [0.29, 0.717) is 42.4 Å². The molecule has 2 rings (SSSR count). The maximum atomic E-state index is 12.4. The summed E-state index contributed by atoms with van der Waals surface area (Å²) in [6, 6.07) is 12.5. The number of nitrogens with one attached hydrogen (secondary N) is 1. The fourth-order valence-corrected chi connectivity index (χ4v) is 2.78. The van der Waals surface area contributed by atoms with E-state index in [1.54, 1.807) is 49.5 Å². The van der Waals surface area contributed by atoms with E-state index in [2.05, 4.69) is 5.32 Å². The highest BCUT2D eigenvalue weighted by Gasteiger charge is 2.14. The van der Waals surface area contributed by atoms with Gasteiger partial charge < -0.3 is 24.4 Å². The Labute approximate surface area is 165 Å². The lowest BCUT2D eigenvalue weighted by Crippen LogP contribution is -2.37. The monoisotopic (exact) mass is 386 g/mol. The van der Waals surface area contributed by atoms with Gasteiger partial charge >= 0.3 is 0 Å². The Balaban J connectivity index is 1.98. The number of hydrogen-bond acceptors (Lipinski definition) is 5. The SMILES string of the molecule is COc1ccc(CN(CCNC(=O)c2ccccc2OC)C(C)=O)cc1OC. The molecule has 0 saturated heterocycles. The van der Waals surface area contributed by atoms with Crippen molar-refractivity contribution >= 4 is 11.8 Å². The lowest BCUT2D eigenvalue weighted by atomic mass is 10.1. The third kappa shape index (κ3) is 5.39. The summed E-state index contributed by atoms with van der Waals surface area (Å²) < 4.78 is 15.7. The highest BCUT2D eigenvalue weighted by Crippen LogP contribution is 2.28. The van der Waals surface area contributed by atoms with Crippen molar-refractivity contribution in [3.63, 3.8) is 0 Å². The van der Waals surface area contributed by atoms with Gasteiger partial charge in [0.15, 0.2) is 11.5 Å². The van der Waals surface area contributed by atoms with Crippen LogP contribution in [0.5, 0.6) is 17.2 Å². The third-order valence-corrected chi connectivity index (χ3v) is 4.29. The fraction of sp³-hybridized carbons (Fsp3) is 0.333. The van der Waals surface area contributed by atoms with Crippen molar-refractivity contribution in [2.75, 3.05) is 34.4 Å². The van der Waals surface area contributed by atoms with Crippen molar-refractivity contribution in [1.82, 2.24) is 10.2 Å². The van der Waals surface area contributed by atoms with E-state index in [9.17, 15) is 9.59 Å². The van der Waals surface area contributed by atoms with Gasteiger partial charge in [0.1, 0.15) is 5.75 Å². The minimum Gasteiger partial charge on any atom is -0.496 e. The minimum atomic E-state index is -0.243. The smallest absolute Gasteiger partial charge is 0.255 e. The summed E-state index contributed by atoms with van der Waals surface area (Å²) >= 11 is 0. The molecule has 7 heteroatoms. The molecule has 2 amide bonds. The van der Waals surface area contributed by atoms with Crippen LogP contribution in [0.2, 0.25) is 0 Å². The second kappa shape index (κ2) is 10.2. The Hall–Kier alpha value is -3.22. The average Bonchev–Trinajstić information content (AvgIpc) is 2.72. The first kappa shape index (κ1) is 21.1. The number of rotatable bonds is 9. The minimum absolute atomic E-state index is 0.0821. The summed E-state index contributed by atoms with van der Waals surface area (Å²) in [6.45, 7) is 2.61. The molecule has 1 N–H and O–H groups in total. The Kier molecular flexibility index (Phi) is 7.68. The van der Waals surface area contributed by atoms with Crippen LogP contribution in [0, 0.1) is 0 Å². The number of nitrogens with zero attached hydrogens (tertiary/aromatic N) is 1. The highest BCUT2D eigenvalue weighted by molar-refractivity contribution is 5.96. The van der Waals surface area contributed by atoms with Gasteiger partial charge in [0.05, 0.1) is 26.9 Å². The van der Waals surface area contributed by atoms with Crippen LogP contribution in [0.25, 0.3) is 0 Å². The molecule has 0 heterocycles. The van der Waals surface area contributed by atoms with Gasteiger partial charge in [-0.05, 0) is 29.8 Å². The maximum absolute atomic E-state index is 12.4. The molecule has 0 aliphatic heterocycles. The molecule has 0 fully saturated rings. The van der Waals surface area contributed by atoms with E-state index < -0.39 is 0 Å². The Morgan fingerprint density at radius 1 is 0.929 bits per heavy atom. The largest absolute Gasteiger partial charge is 0.496 e. The zero-order valence-corrected chi connectivity index (χ0v) is 16.7. The number of amides is 2. The van der Waals surface area contributed by atoms with Crippen molar-refractivity contribution in [1.29, 1.82) is 0 Å². The molecule has 0 unspecified atom stereocenters. The van der Waals surface area contributed by atoms with Crippen LogP contribution in [-0.2, 0) is 11.3 Å². The number of methoxy groups -OCH3 is 3. The molecule has 0 radical (unpaired) electrons. The fourth-order valence-electron chi connectivity index (χ4n) is 2.78. The van der Waals surface area contributed by atoms with Crippen molar-refractivity contribution < 1.29 is 23.8 Å². The van der Waals surface area contributed by atoms with Gasteiger partial charge in [-0.2, -0.15) is 0 Å². The zero-order valence-electron chi connectivity index (χ0n) is 16.7. The van der Waals surface area contributed by atoms with Crippen LogP contribution in [0.15, 0.2) is 42.5 Å². The Morgan fingerprint density at radius 3 is 2.25 bits per heavy atom. The molecular weight excluding hydrogens is 360 g/mol. The zero-order chi connectivity index (χ0) is 20.5. The lowest BCUT2D eigenvalue weighted by molar-refractivity contribution is -0.129. The average molecular weight is 386 g/mol. The number of benzene rings is 2. The van der Waals surface area contributed by atoms with E-state index in [0.717, 1.165) is 5.56 Å². The Bertz CT molecular complexity index is 822. The summed E-state index contributed by atoms with van der Waals surface area (Å²) in [5.41, 5.74) is 1.36. The van der Waals surface area contributed by atoms with E-state index in [1.165, 1.54) is 14.0 Å². The quantitative estimate of drug-likeness (QED) is 0.717. The van der Waals surface area contributed by atoms with Crippen LogP contribution in [0.4, 0.5) is 0 Å². The summed E-state index contributed by atoms with van der Waals surface area (Å²) in [4.78, 5) is 26.0. The van der Waals surface area contributed by atoms with Gasteiger partial charge in [0.25, 0.3) is 5.91 Å². The molecule has 0 aliphatic carbocycles. The van der Waals surface area contributed by atoms with Crippen LogP contribution < -0.4 is 19.5 Å². The molecule has 0 spiro atoms. The molecule has 2 aromatic rings. The normalized spacial score (nSPS) is 10.1. The van der Waals surface area contributed by atoms with Crippen molar-refractivity contribution in [3.8, 4) is 17.2 Å². The van der Waals surface area contributed by atoms with Gasteiger partial charge in [-0.1, -0.05) is 18.2 Å². The molecule has 0 bridgehead atoms. The standard InChI is InChI=1S/C21H26N2O5/c1-15(24)23(14-16-9-10-19(27-3)20(13-16)28-4)12-11-22-21(25)17-7-5-6-8-18(17)26-2/h5-10,13H,11-12,14H2,1-4H3,(H,22,25). The Morgan fingerprint density at radius 2 is 1.61 bits per heavy atom. The van der Waals surface area contributed by atoms with E-state index in [4.69, 9.17) is 14.2 Å². The van der Waals surface area contributed by atoms with E-state index in [1.807, 2.05) is 12.1 Å². The van der Waals surface area contributed by atoms with Crippen LogP contribution in [0.3, 0.4) is 0 Å². The van der Waals surface area contributed by atoms with Gasteiger partial charge in [0, 0.05) is 26.6 Å². The third-order valence-electron chi connectivity index (χ3n) is 4.29. The van der Waals surface area contributed by atoms with Crippen LogP contribution in [0.1, 0.15) is 22.8 Å². The number of hydrogen-bond donors (Lipinski definition) is 1. The van der Waals surface area contributed by atoms with Crippen molar-refractivity contribution in [2.24, 2.45) is 0 Å². The maximum Gasteiger partial charge on any atom is 0.255 e. The summed E-state index contributed by atoms with van der Waals surface area (Å²) in [5, 5.41) is 2.83. The molecular formula is C21H26N2O5. The van der Waals surface area contributed by atoms with Crippen LogP contribution >= 0.6 is 0 Å². The topological polar surface area (TPSA) is 77.1 Å². The van der Waals surface area contributed by atoms with E-state index >= 15 is 0 Å². The molecule has 0 aliphatic rings. The molecule has 0 aromatic heterocycles. The summed E-state index contributed by atoms with van der Waals surface area (Å²) in [5.74, 6) is 1.42. The van der Waals surface area contributed by atoms with Crippen molar-refractivity contribution in [3.05, 3.63) is 53.6 Å². The number of carbonyl (C=O) groups is 2. The van der Waals surface area contributed by atoms with Crippen molar-refractivity contribution in [2.45, 2.75) is 13.5 Å². The van der Waals surface area contributed by atoms with Gasteiger partial charge in [-0.25, -0.2) is 0 Å². The first-order chi connectivity index (χ1) is 13.5. The first-order valence-corrected chi connectivity index (χ1v) is 8.87. The summed E-state index contributed by atoms with van der Waals surface area (Å²) in [7, 11) is 4.66. The summed E-state index contributed by atoms with van der Waals surface area (Å²) in [6.07, 6.45) is 0. The molecule has 28 heavy (non-hydrogen) atoms. The van der Waals surface area contributed by atoms with Gasteiger partial charge in [0.2, 0.25) is 5.91 Å².